The van der Waals surface area contributed by atoms with E-state index < -0.39 is 30.1 Å². The molecule has 0 aromatic heterocycles. The van der Waals surface area contributed by atoms with Gasteiger partial charge >= 0.3 is 18.0 Å². The third-order valence-electron chi connectivity index (χ3n) is 6.66. The van der Waals surface area contributed by atoms with Gasteiger partial charge in [-0.3, -0.25) is 9.59 Å². The second-order valence-corrected chi connectivity index (χ2v) is 10.4. The molecule has 0 heterocycles. The maximum Gasteiger partial charge on any atom is 0.326 e. The number of nitrogens with one attached hydrogen (secondary N) is 2. The average Bonchev–Trinajstić information content (AvgIpc) is 2.87. The highest BCUT2D eigenvalue weighted by Crippen LogP contribution is 2.13. The van der Waals surface area contributed by atoms with E-state index in [1.165, 1.54) is 26.2 Å². The Hall–Kier alpha value is -2.78. The lowest BCUT2D eigenvalue weighted by molar-refractivity contribution is -0.139. The third kappa shape index (κ3) is 21.8. The fraction of sp³-hybridized carbons (Fsp3) is 0.793. The van der Waals surface area contributed by atoms with Crippen molar-refractivity contribution in [1.82, 2.24) is 10.6 Å². The molecular formula is C29H50N2O8. The van der Waals surface area contributed by atoms with E-state index in [0.717, 1.165) is 38.5 Å². The second-order valence-electron chi connectivity index (χ2n) is 10.4. The molecule has 0 saturated heterocycles. The van der Waals surface area contributed by atoms with Gasteiger partial charge in [0, 0.05) is 32.1 Å². The van der Waals surface area contributed by atoms with Crippen molar-refractivity contribution in [3.8, 4) is 0 Å². The summed E-state index contributed by atoms with van der Waals surface area (Å²) >= 11 is 0. The van der Waals surface area contributed by atoms with Gasteiger partial charge in [-0.1, -0.05) is 58.3 Å². The fourth-order valence-corrected chi connectivity index (χ4v) is 4.24. The number of urea groups is 1. The number of carboxylic acids is 2. The van der Waals surface area contributed by atoms with Crippen LogP contribution >= 0.6 is 0 Å². The molecule has 0 spiro atoms. The van der Waals surface area contributed by atoms with E-state index in [4.69, 9.17) is 0 Å². The van der Waals surface area contributed by atoms with Crippen LogP contribution in [0.15, 0.2) is 0 Å². The van der Waals surface area contributed by atoms with E-state index in [-0.39, 0.29) is 30.8 Å². The Morgan fingerprint density at radius 2 is 0.923 bits per heavy atom. The van der Waals surface area contributed by atoms with Crippen LogP contribution in [-0.2, 0) is 24.0 Å². The molecule has 10 heteroatoms. The summed E-state index contributed by atoms with van der Waals surface area (Å²) in [5, 5.41) is 23.0. The number of carboxylic acid groups (broad SMARTS) is 2. The topological polar surface area (TPSA) is 167 Å². The molecule has 0 saturated carbocycles. The lowest BCUT2D eigenvalue weighted by Crippen LogP contribution is -2.51. The summed E-state index contributed by atoms with van der Waals surface area (Å²) in [5.74, 6) is -2.22. The van der Waals surface area contributed by atoms with Gasteiger partial charge in [-0.15, -0.1) is 0 Å². The van der Waals surface area contributed by atoms with Crippen LogP contribution in [0, 0.1) is 0 Å². The van der Waals surface area contributed by atoms with E-state index >= 15 is 0 Å². The minimum absolute atomic E-state index is 0.0152. The van der Waals surface area contributed by atoms with Crippen molar-refractivity contribution in [2.45, 2.75) is 148 Å². The minimum Gasteiger partial charge on any atom is -0.480 e. The van der Waals surface area contributed by atoms with Gasteiger partial charge in [-0.25, -0.2) is 14.4 Å². The largest absolute Gasteiger partial charge is 0.480 e. The lowest BCUT2D eigenvalue weighted by atomic mass is 10.0. The summed E-state index contributed by atoms with van der Waals surface area (Å²) in [7, 11) is 0. The monoisotopic (exact) mass is 554 g/mol. The maximum atomic E-state index is 12.1. The van der Waals surface area contributed by atoms with Crippen LogP contribution in [0.5, 0.6) is 0 Å². The van der Waals surface area contributed by atoms with E-state index in [0.29, 0.717) is 50.7 Å². The van der Waals surface area contributed by atoms with Crippen molar-refractivity contribution in [3.63, 3.8) is 0 Å². The van der Waals surface area contributed by atoms with Gasteiger partial charge in [0.1, 0.15) is 29.4 Å². The summed E-state index contributed by atoms with van der Waals surface area (Å²) in [5.41, 5.74) is 0. The van der Waals surface area contributed by atoms with Crippen molar-refractivity contribution >= 4 is 35.3 Å². The van der Waals surface area contributed by atoms with E-state index in [1.807, 2.05) is 0 Å². The number of aliphatic carboxylic acids is 2. The molecule has 0 fully saturated rings. The van der Waals surface area contributed by atoms with Gasteiger partial charge in [0.2, 0.25) is 0 Å². The van der Waals surface area contributed by atoms with Crippen molar-refractivity contribution < 1.29 is 39.0 Å². The first kappa shape index (κ1) is 36.2. The SMILES string of the molecule is CCCCCCCC(=O)CCCCCCC(=O)CCCCCC(NC(=O)NC(CCC(C)=O)C(=O)O)C(=O)O. The number of hydrogen-bond donors (Lipinski definition) is 4. The Kier molecular flexibility index (Phi) is 21.5. The molecule has 0 aromatic carbocycles. The van der Waals surface area contributed by atoms with Gasteiger partial charge in [-0.05, 0) is 45.4 Å². The van der Waals surface area contributed by atoms with E-state index in [9.17, 15) is 39.0 Å². The summed E-state index contributed by atoms with van der Waals surface area (Å²) in [4.78, 5) is 69.9. The first-order valence-corrected chi connectivity index (χ1v) is 14.6. The zero-order valence-corrected chi connectivity index (χ0v) is 23.9. The number of carbonyl (C=O) groups is 6. The zero-order chi connectivity index (χ0) is 29.5. The molecule has 2 amide bonds. The Balaban J connectivity index is 3.97. The predicted molar refractivity (Wildman–Crippen MR) is 149 cm³/mol. The van der Waals surface area contributed by atoms with Gasteiger partial charge in [-0.2, -0.15) is 0 Å². The zero-order valence-electron chi connectivity index (χ0n) is 23.9. The second kappa shape index (κ2) is 23.1. The molecule has 0 aliphatic carbocycles. The quantitative estimate of drug-likeness (QED) is 0.104. The highest BCUT2D eigenvalue weighted by Gasteiger charge is 2.24. The molecule has 0 bridgehead atoms. The van der Waals surface area contributed by atoms with E-state index in [2.05, 4.69) is 17.6 Å². The van der Waals surface area contributed by atoms with Crippen LogP contribution in [0.3, 0.4) is 0 Å². The Bertz CT molecular complexity index is 768. The van der Waals surface area contributed by atoms with Crippen LogP contribution in [-0.4, -0.2) is 57.6 Å². The molecule has 224 valence electrons. The van der Waals surface area contributed by atoms with E-state index in [1.54, 1.807) is 0 Å². The molecule has 10 nitrogen and oxygen atoms in total. The molecule has 4 N–H and O–H groups in total. The molecule has 0 radical (unpaired) electrons. The van der Waals surface area contributed by atoms with Gasteiger partial charge < -0.3 is 25.6 Å². The lowest BCUT2D eigenvalue weighted by Gasteiger charge is -2.18. The standard InChI is InChI=1S/C29H50N2O8/c1-3-4-5-6-10-15-23(33)16-11-7-8-12-17-24(34)18-13-9-14-19-25(27(35)36)30-29(39)31-26(28(37)38)21-20-22(2)32/h25-26H,3-21H2,1-2H3,(H,35,36)(H,37,38)(H2,30,31,39). The average molecular weight is 555 g/mol. The molecule has 0 rings (SSSR count). The number of hydrogen-bond acceptors (Lipinski definition) is 6. The van der Waals surface area contributed by atoms with Crippen molar-refractivity contribution in [1.29, 1.82) is 0 Å². The molecule has 0 aliphatic rings. The van der Waals surface area contributed by atoms with Crippen molar-refractivity contribution in [2.24, 2.45) is 0 Å². The first-order chi connectivity index (χ1) is 18.6. The van der Waals surface area contributed by atoms with Gasteiger partial charge in [0.15, 0.2) is 0 Å². The number of carbonyl (C=O) groups excluding carboxylic acids is 4. The fourth-order valence-electron chi connectivity index (χ4n) is 4.24. The van der Waals surface area contributed by atoms with Crippen molar-refractivity contribution in [2.75, 3.05) is 0 Å². The molecule has 2 atom stereocenters. The molecule has 0 aromatic rings. The highest BCUT2D eigenvalue weighted by atomic mass is 16.4. The summed E-state index contributed by atoms with van der Waals surface area (Å²) in [6.07, 6.45) is 13.4. The van der Waals surface area contributed by atoms with Gasteiger partial charge in [0.25, 0.3) is 0 Å². The third-order valence-corrected chi connectivity index (χ3v) is 6.66. The predicted octanol–water partition coefficient (Wildman–Crippen LogP) is 5.35. The van der Waals surface area contributed by atoms with Crippen LogP contribution in [0.4, 0.5) is 4.79 Å². The number of amides is 2. The number of rotatable bonds is 26. The molecule has 39 heavy (non-hydrogen) atoms. The molecular weight excluding hydrogens is 504 g/mol. The number of Topliss-reactive ketones (excluding diaryl/α,β-unsaturated/α-hetero) is 3. The van der Waals surface area contributed by atoms with Crippen LogP contribution in [0.2, 0.25) is 0 Å². The minimum atomic E-state index is -1.30. The summed E-state index contributed by atoms with van der Waals surface area (Å²) in [6, 6.07) is -3.39. The number of ketones is 3. The Morgan fingerprint density at radius 1 is 0.538 bits per heavy atom. The molecule has 2 unspecified atom stereocenters. The number of unbranched alkanes of at least 4 members (excludes halogenated alkanes) is 9. The van der Waals surface area contributed by atoms with Crippen LogP contribution in [0.1, 0.15) is 136 Å². The summed E-state index contributed by atoms with van der Waals surface area (Å²) < 4.78 is 0. The summed E-state index contributed by atoms with van der Waals surface area (Å²) in [6.45, 7) is 3.49. The maximum absolute atomic E-state index is 12.1. The highest BCUT2D eigenvalue weighted by molar-refractivity contribution is 5.86. The Labute approximate surface area is 233 Å². The van der Waals surface area contributed by atoms with Crippen LogP contribution in [0.25, 0.3) is 0 Å². The molecule has 0 aliphatic heterocycles. The smallest absolute Gasteiger partial charge is 0.326 e. The van der Waals surface area contributed by atoms with Gasteiger partial charge in [0.05, 0.1) is 0 Å². The Morgan fingerprint density at radius 3 is 1.31 bits per heavy atom. The first-order valence-electron chi connectivity index (χ1n) is 14.6. The normalized spacial score (nSPS) is 12.4. The van der Waals surface area contributed by atoms with Crippen molar-refractivity contribution in [3.05, 3.63) is 0 Å². The van der Waals surface area contributed by atoms with Crippen LogP contribution < -0.4 is 10.6 Å².